The van der Waals surface area contributed by atoms with Gasteiger partial charge in [-0.2, -0.15) is 0 Å². The van der Waals surface area contributed by atoms with Gasteiger partial charge in [0.15, 0.2) is 16.6 Å². The lowest BCUT2D eigenvalue weighted by molar-refractivity contribution is -0.117. The maximum atomic E-state index is 11.9. The van der Waals surface area contributed by atoms with Crippen LogP contribution in [0.15, 0.2) is 42.5 Å². The summed E-state index contributed by atoms with van der Waals surface area (Å²) in [6.45, 7) is 1.61. The summed E-state index contributed by atoms with van der Waals surface area (Å²) in [5, 5.41) is 6.87. The van der Waals surface area contributed by atoms with Crippen LogP contribution in [0.25, 0.3) is 0 Å². The van der Waals surface area contributed by atoms with E-state index in [9.17, 15) is 4.79 Å². The van der Waals surface area contributed by atoms with E-state index in [1.165, 1.54) is 0 Å². The lowest BCUT2D eigenvalue weighted by Crippen LogP contribution is -2.28. The van der Waals surface area contributed by atoms with Crippen molar-refractivity contribution in [2.24, 2.45) is 0 Å². The summed E-state index contributed by atoms with van der Waals surface area (Å²) in [6.07, 6.45) is 1.53. The normalized spacial score (nSPS) is 15.2. The van der Waals surface area contributed by atoms with Crippen molar-refractivity contribution in [3.05, 3.63) is 48.0 Å². The maximum absolute atomic E-state index is 11.9. The van der Waals surface area contributed by atoms with Crippen LogP contribution < -0.4 is 25.0 Å². The molecule has 0 saturated carbocycles. The van der Waals surface area contributed by atoms with Crippen molar-refractivity contribution in [3.8, 4) is 11.5 Å². The number of carbonyl (C=O) groups excluding carboxylic acids is 1. The molecule has 2 aromatic carbocycles. The van der Waals surface area contributed by atoms with Crippen molar-refractivity contribution in [3.63, 3.8) is 0 Å². The van der Waals surface area contributed by atoms with E-state index >= 15 is 0 Å². The van der Waals surface area contributed by atoms with Crippen molar-refractivity contribution in [1.82, 2.24) is 5.32 Å². The Labute approximate surface area is 157 Å². The maximum Gasteiger partial charge on any atom is 0.231 e. The number of amides is 1. The van der Waals surface area contributed by atoms with E-state index < -0.39 is 0 Å². The predicted molar refractivity (Wildman–Crippen MR) is 104 cm³/mol. The molecule has 0 bridgehead atoms. The zero-order valence-corrected chi connectivity index (χ0v) is 15.0. The molecule has 7 heteroatoms. The number of thiocarbonyl (C=S) groups is 1. The van der Waals surface area contributed by atoms with Crippen molar-refractivity contribution >= 4 is 34.6 Å². The van der Waals surface area contributed by atoms with Gasteiger partial charge >= 0.3 is 0 Å². The van der Waals surface area contributed by atoms with E-state index in [1.54, 1.807) is 0 Å². The summed E-state index contributed by atoms with van der Waals surface area (Å²) in [5.74, 6) is 1.69. The van der Waals surface area contributed by atoms with Gasteiger partial charge in [-0.15, -0.1) is 0 Å². The molecule has 6 nitrogen and oxygen atoms in total. The number of anilines is 2. The molecule has 4 rings (SSSR count). The first kappa shape index (κ1) is 16.7. The van der Waals surface area contributed by atoms with Gasteiger partial charge in [-0.3, -0.25) is 4.79 Å². The van der Waals surface area contributed by atoms with E-state index in [2.05, 4.69) is 10.6 Å². The van der Waals surface area contributed by atoms with Crippen LogP contribution in [0.2, 0.25) is 0 Å². The molecule has 0 unspecified atom stereocenters. The molecule has 0 aliphatic carbocycles. The molecular formula is C19H19N3O3S. The van der Waals surface area contributed by atoms with Gasteiger partial charge in [0.2, 0.25) is 12.7 Å². The fourth-order valence-electron chi connectivity index (χ4n) is 3.08. The molecule has 0 atom stereocenters. The second kappa shape index (κ2) is 7.21. The number of hydrogen-bond acceptors (Lipinski definition) is 4. The number of carbonyl (C=O) groups is 1. The lowest BCUT2D eigenvalue weighted by atomic mass is 10.2. The van der Waals surface area contributed by atoms with Gasteiger partial charge in [0.1, 0.15) is 0 Å². The molecule has 1 fully saturated rings. The summed E-state index contributed by atoms with van der Waals surface area (Å²) < 4.78 is 10.7. The highest BCUT2D eigenvalue weighted by atomic mass is 32.1. The van der Waals surface area contributed by atoms with Gasteiger partial charge < -0.3 is 25.0 Å². The van der Waals surface area contributed by atoms with Crippen molar-refractivity contribution in [2.45, 2.75) is 19.4 Å². The fraction of sp³-hybridized carbons (Fsp3) is 0.263. The predicted octanol–water partition coefficient (Wildman–Crippen LogP) is 3.03. The highest BCUT2D eigenvalue weighted by Crippen LogP contribution is 2.32. The van der Waals surface area contributed by atoms with Crippen LogP contribution in [0, 0.1) is 0 Å². The topological polar surface area (TPSA) is 62.8 Å². The van der Waals surface area contributed by atoms with Crippen LogP contribution in [0.4, 0.5) is 11.4 Å². The summed E-state index contributed by atoms with van der Waals surface area (Å²) in [7, 11) is 0. The van der Waals surface area contributed by atoms with Gasteiger partial charge in [0.05, 0.1) is 0 Å². The molecule has 2 heterocycles. The van der Waals surface area contributed by atoms with Crippen LogP contribution >= 0.6 is 12.2 Å². The van der Waals surface area contributed by atoms with Crippen LogP contribution in [-0.4, -0.2) is 24.4 Å². The molecule has 2 aliphatic rings. The number of fused-ring (bicyclic) bond motifs is 1. The Morgan fingerprint density at radius 1 is 1.15 bits per heavy atom. The number of ether oxygens (including phenoxy) is 2. The first-order chi connectivity index (χ1) is 12.7. The van der Waals surface area contributed by atoms with Crippen LogP contribution in [0.3, 0.4) is 0 Å². The molecule has 0 radical (unpaired) electrons. The Hall–Kier alpha value is -2.80. The number of rotatable bonds is 4. The summed E-state index contributed by atoms with van der Waals surface area (Å²) >= 11 is 5.38. The Kier molecular flexibility index (Phi) is 4.62. The van der Waals surface area contributed by atoms with Crippen LogP contribution in [-0.2, 0) is 11.3 Å². The minimum Gasteiger partial charge on any atom is -0.454 e. The zero-order chi connectivity index (χ0) is 17.9. The molecule has 26 heavy (non-hydrogen) atoms. The molecule has 0 aromatic heterocycles. The summed E-state index contributed by atoms with van der Waals surface area (Å²) in [6, 6.07) is 13.5. The van der Waals surface area contributed by atoms with Gasteiger partial charge in [-0.25, -0.2) is 0 Å². The molecule has 2 aliphatic heterocycles. The fourth-order valence-corrected chi connectivity index (χ4v) is 3.27. The van der Waals surface area contributed by atoms with Gasteiger partial charge in [0.25, 0.3) is 0 Å². The Bertz CT molecular complexity index is 856. The average molecular weight is 369 g/mol. The largest absolute Gasteiger partial charge is 0.454 e. The Balaban J connectivity index is 1.35. The lowest BCUT2D eigenvalue weighted by Gasteiger charge is -2.17. The second-order valence-corrected chi connectivity index (χ2v) is 6.60. The number of benzene rings is 2. The van der Waals surface area contributed by atoms with E-state index in [1.807, 2.05) is 47.4 Å². The minimum absolute atomic E-state index is 0.172. The van der Waals surface area contributed by atoms with Crippen molar-refractivity contribution in [1.29, 1.82) is 0 Å². The SMILES string of the molecule is O=C1CCCN1c1cccc(NC(=S)NCc2ccc3c(c2)OCO3)c1. The first-order valence-electron chi connectivity index (χ1n) is 8.53. The molecule has 134 valence electrons. The molecule has 2 aromatic rings. The highest BCUT2D eigenvalue weighted by molar-refractivity contribution is 7.80. The number of hydrogen-bond donors (Lipinski definition) is 2. The van der Waals surface area contributed by atoms with E-state index in [-0.39, 0.29) is 12.7 Å². The van der Waals surface area contributed by atoms with Gasteiger partial charge in [-0.05, 0) is 54.5 Å². The smallest absolute Gasteiger partial charge is 0.231 e. The van der Waals surface area contributed by atoms with Crippen LogP contribution in [0.1, 0.15) is 18.4 Å². The third kappa shape index (κ3) is 3.57. The van der Waals surface area contributed by atoms with E-state index in [4.69, 9.17) is 21.7 Å². The monoisotopic (exact) mass is 369 g/mol. The summed E-state index contributed by atoms with van der Waals surface area (Å²) in [5.41, 5.74) is 2.80. The molecule has 2 N–H and O–H groups in total. The van der Waals surface area contributed by atoms with Crippen molar-refractivity contribution in [2.75, 3.05) is 23.6 Å². The number of nitrogens with zero attached hydrogens (tertiary/aromatic N) is 1. The van der Waals surface area contributed by atoms with Gasteiger partial charge in [-0.1, -0.05) is 12.1 Å². The second-order valence-electron chi connectivity index (χ2n) is 6.19. The summed E-state index contributed by atoms with van der Waals surface area (Å²) in [4.78, 5) is 13.7. The van der Waals surface area contributed by atoms with E-state index in [0.717, 1.165) is 41.4 Å². The van der Waals surface area contributed by atoms with Gasteiger partial charge in [0, 0.05) is 30.9 Å². The highest BCUT2D eigenvalue weighted by Gasteiger charge is 2.21. The zero-order valence-electron chi connectivity index (χ0n) is 14.2. The third-order valence-electron chi connectivity index (χ3n) is 4.38. The molecule has 0 spiro atoms. The molecule has 1 amide bonds. The Morgan fingerprint density at radius 2 is 2.04 bits per heavy atom. The van der Waals surface area contributed by atoms with Crippen molar-refractivity contribution < 1.29 is 14.3 Å². The number of nitrogens with one attached hydrogen (secondary N) is 2. The molecule has 1 saturated heterocycles. The minimum atomic E-state index is 0.172. The standard InChI is InChI=1S/C19H19N3O3S/c23-18-5-2-8-22(18)15-4-1-3-14(10-15)21-19(26)20-11-13-6-7-16-17(9-13)25-12-24-16/h1,3-4,6-7,9-10H,2,5,8,11-12H2,(H2,20,21,26). The van der Waals surface area contributed by atoms with E-state index in [0.29, 0.717) is 18.1 Å². The average Bonchev–Trinajstić information content (AvgIpc) is 3.28. The first-order valence-corrected chi connectivity index (χ1v) is 8.94. The third-order valence-corrected chi connectivity index (χ3v) is 4.63. The quantitative estimate of drug-likeness (QED) is 0.808. The Morgan fingerprint density at radius 3 is 2.88 bits per heavy atom. The van der Waals surface area contributed by atoms with Crippen LogP contribution in [0.5, 0.6) is 11.5 Å². The molecular weight excluding hydrogens is 350 g/mol.